The molecule has 2 amide bonds. The molecule has 0 bridgehead atoms. The second-order valence-corrected chi connectivity index (χ2v) is 6.85. The van der Waals surface area contributed by atoms with Gasteiger partial charge in [0.05, 0.1) is 16.8 Å². The van der Waals surface area contributed by atoms with Gasteiger partial charge < -0.3 is 16.0 Å². The molecule has 0 aliphatic carbocycles. The average Bonchev–Trinajstić information content (AvgIpc) is 2.68. The highest BCUT2D eigenvalue weighted by atomic mass is 19.1. The van der Waals surface area contributed by atoms with Gasteiger partial charge in [-0.05, 0) is 62.5 Å². The first kappa shape index (κ1) is 19.0. The van der Waals surface area contributed by atoms with E-state index in [1.807, 2.05) is 0 Å². The van der Waals surface area contributed by atoms with Gasteiger partial charge >= 0.3 is 0 Å². The molecule has 1 saturated heterocycles. The first-order valence-electron chi connectivity index (χ1n) is 9.20. The van der Waals surface area contributed by atoms with Crippen LogP contribution in [0.1, 0.15) is 39.1 Å². The van der Waals surface area contributed by atoms with Crippen molar-refractivity contribution in [3.63, 3.8) is 0 Å². The maximum Gasteiger partial charge on any atom is 0.258 e. The van der Waals surface area contributed by atoms with E-state index in [2.05, 4.69) is 16.0 Å². The summed E-state index contributed by atoms with van der Waals surface area (Å²) in [5.41, 5.74) is 1.47. The predicted molar refractivity (Wildman–Crippen MR) is 103 cm³/mol. The van der Waals surface area contributed by atoms with E-state index in [1.54, 1.807) is 31.2 Å². The Morgan fingerprint density at radius 1 is 1.11 bits per heavy atom. The normalized spacial score (nSPS) is 16.6. The van der Waals surface area contributed by atoms with Crippen molar-refractivity contribution in [2.75, 3.05) is 25.0 Å². The third-order valence-corrected chi connectivity index (χ3v) is 4.82. The molecule has 3 N–H and O–H groups in total. The number of amides is 2. The number of para-hydroxylation sites is 1. The van der Waals surface area contributed by atoms with Gasteiger partial charge in [-0.15, -0.1) is 0 Å². The second kappa shape index (κ2) is 8.77. The molecule has 1 aliphatic rings. The Hall–Kier alpha value is -2.73. The molecule has 5 nitrogen and oxygen atoms in total. The van der Waals surface area contributed by atoms with Gasteiger partial charge in [0, 0.05) is 6.54 Å². The molecule has 6 heteroatoms. The largest absolute Gasteiger partial charge is 0.352 e. The van der Waals surface area contributed by atoms with Crippen LogP contribution in [0.3, 0.4) is 0 Å². The molecule has 3 rings (SSSR count). The highest BCUT2D eigenvalue weighted by Gasteiger charge is 2.19. The van der Waals surface area contributed by atoms with E-state index in [0.29, 0.717) is 23.7 Å². The maximum atomic E-state index is 13.9. The molecule has 0 radical (unpaired) electrons. The summed E-state index contributed by atoms with van der Waals surface area (Å²) in [6, 6.07) is 11.0. The van der Waals surface area contributed by atoms with Crippen LogP contribution in [0.4, 0.5) is 10.1 Å². The zero-order valence-corrected chi connectivity index (χ0v) is 15.3. The minimum Gasteiger partial charge on any atom is -0.352 e. The van der Waals surface area contributed by atoms with Crippen molar-refractivity contribution >= 4 is 17.5 Å². The highest BCUT2D eigenvalue weighted by Crippen LogP contribution is 2.22. The number of benzene rings is 2. The first-order chi connectivity index (χ1) is 13.1. The summed E-state index contributed by atoms with van der Waals surface area (Å²) in [7, 11) is 0. The van der Waals surface area contributed by atoms with Crippen LogP contribution < -0.4 is 16.0 Å². The van der Waals surface area contributed by atoms with Crippen molar-refractivity contribution in [1.82, 2.24) is 10.6 Å². The van der Waals surface area contributed by atoms with Gasteiger partial charge in [-0.1, -0.05) is 24.3 Å². The van der Waals surface area contributed by atoms with E-state index in [-0.39, 0.29) is 11.5 Å². The van der Waals surface area contributed by atoms with Crippen LogP contribution in [0.2, 0.25) is 0 Å². The van der Waals surface area contributed by atoms with E-state index in [9.17, 15) is 14.0 Å². The Morgan fingerprint density at radius 3 is 2.63 bits per heavy atom. The summed E-state index contributed by atoms with van der Waals surface area (Å²) < 4.78 is 13.9. The molecule has 1 atom stereocenters. The van der Waals surface area contributed by atoms with Crippen molar-refractivity contribution in [1.29, 1.82) is 0 Å². The van der Waals surface area contributed by atoms with Gasteiger partial charge in [0.15, 0.2) is 0 Å². The van der Waals surface area contributed by atoms with Gasteiger partial charge in [0.25, 0.3) is 11.8 Å². The molecule has 2 aromatic carbocycles. The number of hydrogen-bond acceptors (Lipinski definition) is 3. The van der Waals surface area contributed by atoms with E-state index in [0.717, 1.165) is 31.5 Å². The standard InChI is InChI=1S/C21H24FN3O2/c1-14-6-4-9-17(20(26)24-13-15-7-5-11-23-12-15)19(14)25-21(27)16-8-2-3-10-18(16)22/h2-4,6,8-10,15,23H,5,7,11-13H2,1H3,(H,24,26)(H,25,27). The molecular weight excluding hydrogens is 345 g/mol. The number of hydrogen-bond donors (Lipinski definition) is 3. The van der Waals surface area contributed by atoms with Crippen molar-refractivity contribution in [3.05, 3.63) is 65.0 Å². The van der Waals surface area contributed by atoms with E-state index < -0.39 is 11.7 Å². The zero-order chi connectivity index (χ0) is 19.2. The lowest BCUT2D eigenvalue weighted by atomic mass is 9.99. The van der Waals surface area contributed by atoms with Crippen LogP contribution in [0.5, 0.6) is 0 Å². The van der Waals surface area contributed by atoms with Gasteiger partial charge in [0.1, 0.15) is 5.82 Å². The molecule has 1 heterocycles. The van der Waals surface area contributed by atoms with Gasteiger partial charge in [-0.25, -0.2) is 4.39 Å². The van der Waals surface area contributed by atoms with Crippen LogP contribution >= 0.6 is 0 Å². The molecule has 0 saturated carbocycles. The fourth-order valence-corrected chi connectivity index (χ4v) is 3.28. The summed E-state index contributed by atoms with van der Waals surface area (Å²) in [5.74, 6) is -1.01. The second-order valence-electron chi connectivity index (χ2n) is 6.85. The molecule has 1 unspecified atom stereocenters. The van der Waals surface area contributed by atoms with E-state index in [1.165, 1.54) is 18.2 Å². The molecule has 1 fully saturated rings. The minimum atomic E-state index is -0.598. The number of halogens is 1. The van der Waals surface area contributed by atoms with Crippen molar-refractivity contribution in [3.8, 4) is 0 Å². The third-order valence-electron chi connectivity index (χ3n) is 4.82. The number of anilines is 1. The molecule has 0 spiro atoms. The maximum absolute atomic E-state index is 13.9. The van der Waals surface area contributed by atoms with Gasteiger partial charge in [-0.2, -0.15) is 0 Å². The molecule has 142 valence electrons. The topological polar surface area (TPSA) is 70.2 Å². The smallest absolute Gasteiger partial charge is 0.258 e. The van der Waals surface area contributed by atoms with Gasteiger partial charge in [0.2, 0.25) is 0 Å². The lowest BCUT2D eigenvalue weighted by molar-refractivity contribution is 0.0945. The Balaban J connectivity index is 1.74. The Bertz CT molecular complexity index is 832. The van der Waals surface area contributed by atoms with Crippen LogP contribution in [0.15, 0.2) is 42.5 Å². The van der Waals surface area contributed by atoms with E-state index in [4.69, 9.17) is 0 Å². The summed E-state index contributed by atoms with van der Waals surface area (Å²) >= 11 is 0. The third kappa shape index (κ3) is 4.71. The van der Waals surface area contributed by atoms with Crippen molar-refractivity contribution < 1.29 is 14.0 Å². The first-order valence-corrected chi connectivity index (χ1v) is 9.20. The fraction of sp³-hybridized carbons (Fsp3) is 0.333. The number of nitrogens with one attached hydrogen (secondary N) is 3. The van der Waals surface area contributed by atoms with E-state index >= 15 is 0 Å². The Kier molecular flexibility index (Phi) is 6.19. The summed E-state index contributed by atoms with van der Waals surface area (Å²) in [6.07, 6.45) is 2.19. The lowest BCUT2D eigenvalue weighted by Crippen LogP contribution is -2.38. The van der Waals surface area contributed by atoms with Crippen LogP contribution in [-0.4, -0.2) is 31.4 Å². The summed E-state index contributed by atoms with van der Waals surface area (Å²) in [5, 5.41) is 8.98. The SMILES string of the molecule is Cc1cccc(C(=O)NCC2CCCNC2)c1NC(=O)c1ccccc1F. The molecule has 2 aromatic rings. The van der Waals surface area contributed by atoms with Crippen LogP contribution in [-0.2, 0) is 0 Å². The number of piperidine rings is 1. The van der Waals surface area contributed by atoms with Crippen LogP contribution in [0.25, 0.3) is 0 Å². The summed E-state index contributed by atoms with van der Waals surface area (Å²) in [4.78, 5) is 25.2. The molecule has 0 aromatic heterocycles. The predicted octanol–water partition coefficient (Wildman–Crippen LogP) is 3.12. The number of carbonyl (C=O) groups excluding carboxylic acids is 2. The number of aryl methyl sites for hydroxylation is 1. The quantitative estimate of drug-likeness (QED) is 0.758. The van der Waals surface area contributed by atoms with Crippen molar-refractivity contribution in [2.45, 2.75) is 19.8 Å². The Labute approximate surface area is 158 Å². The fourth-order valence-electron chi connectivity index (χ4n) is 3.28. The number of carbonyl (C=O) groups is 2. The van der Waals surface area contributed by atoms with Crippen molar-refractivity contribution in [2.24, 2.45) is 5.92 Å². The van der Waals surface area contributed by atoms with Crippen LogP contribution in [0, 0.1) is 18.7 Å². The Morgan fingerprint density at radius 2 is 1.89 bits per heavy atom. The molecule has 1 aliphatic heterocycles. The molecule has 27 heavy (non-hydrogen) atoms. The van der Waals surface area contributed by atoms with Gasteiger partial charge in [-0.3, -0.25) is 9.59 Å². The minimum absolute atomic E-state index is 0.0552. The average molecular weight is 369 g/mol. The molecular formula is C21H24FN3O2. The highest BCUT2D eigenvalue weighted by molar-refractivity contribution is 6.09. The monoisotopic (exact) mass is 369 g/mol. The summed E-state index contributed by atoms with van der Waals surface area (Å²) in [6.45, 7) is 4.30. The lowest BCUT2D eigenvalue weighted by Gasteiger charge is -2.23. The zero-order valence-electron chi connectivity index (χ0n) is 15.3. The number of rotatable bonds is 5.